The van der Waals surface area contributed by atoms with Gasteiger partial charge in [-0.2, -0.15) is 0 Å². The molecule has 0 unspecified atom stereocenters. The monoisotopic (exact) mass is 494 g/mol. The van der Waals surface area contributed by atoms with E-state index in [0.717, 1.165) is 52.5 Å². The van der Waals surface area contributed by atoms with Crippen LogP contribution in [0, 0.1) is 13.8 Å². The Morgan fingerprint density at radius 3 is 2.64 bits per heavy atom. The van der Waals surface area contributed by atoms with E-state index in [-0.39, 0.29) is 24.0 Å². The SMILES string of the molecule is CN=C(NCCc1ccc(OC)cc1Cl)NCc1sc(C)nc1C.I. The highest BCUT2D eigenvalue weighted by atomic mass is 127. The summed E-state index contributed by atoms with van der Waals surface area (Å²) in [6.45, 7) is 5.52. The number of nitrogens with one attached hydrogen (secondary N) is 2. The Morgan fingerprint density at radius 2 is 2.08 bits per heavy atom. The van der Waals surface area contributed by atoms with Crippen LogP contribution in [0.1, 0.15) is 21.1 Å². The molecule has 0 aliphatic rings. The molecule has 25 heavy (non-hydrogen) atoms. The quantitative estimate of drug-likeness (QED) is 0.363. The zero-order valence-electron chi connectivity index (χ0n) is 14.9. The molecule has 0 fully saturated rings. The number of hydrogen-bond donors (Lipinski definition) is 2. The van der Waals surface area contributed by atoms with Gasteiger partial charge in [0.05, 0.1) is 24.4 Å². The van der Waals surface area contributed by atoms with Crippen LogP contribution >= 0.6 is 46.9 Å². The number of halogens is 2. The Bertz CT molecular complexity index is 721. The van der Waals surface area contributed by atoms with Gasteiger partial charge in [0.2, 0.25) is 0 Å². The largest absolute Gasteiger partial charge is 0.497 e. The van der Waals surface area contributed by atoms with E-state index in [1.807, 2.05) is 32.0 Å². The molecular weight excluding hydrogens is 471 g/mol. The Balaban J connectivity index is 0.00000312. The molecule has 2 rings (SSSR count). The summed E-state index contributed by atoms with van der Waals surface area (Å²) in [6, 6.07) is 5.74. The molecule has 0 aliphatic carbocycles. The number of rotatable bonds is 6. The minimum atomic E-state index is 0. The standard InChI is InChI=1S/C17H23ClN4OS.HI/c1-11-16(24-12(2)22-11)10-21-17(19-3)20-8-7-13-5-6-14(23-4)9-15(13)18;/h5-6,9H,7-8,10H2,1-4H3,(H2,19,20,21);1H. The number of aromatic nitrogens is 1. The Hall–Kier alpha value is -1.06. The first-order valence-corrected chi connectivity index (χ1v) is 8.92. The number of aliphatic imine (C=N–C) groups is 1. The van der Waals surface area contributed by atoms with Crippen LogP contribution in [0.25, 0.3) is 0 Å². The molecule has 0 saturated carbocycles. The second kappa shape index (κ2) is 10.8. The maximum atomic E-state index is 6.26. The first-order valence-electron chi connectivity index (χ1n) is 7.73. The number of aryl methyl sites for hydroxylation is 2. The Labute approximate surface area is 175 Å². The van der Waals surface area contributed by atoms with Crippen LogP contribution in [0.2, 0.25) is 5.02 Å². The molecule has 0 amide bonds. The number of benzene rings is 1. The summed E-state index contributed by atoms with van der Waals surface area (Å²) in [7, 11) is 3.40. The van der Waals surface area contributed by atoms with Crippen molar-refractivity contribution in [3.63, 3.8) is 0 Å². The summed E-state index contributed by atoms with van der Waals surface area (Å²) in [6.07, 6.45) is 0.808. The van der Waals surface area contributed by atoms with E-state index < -0.39 is 0 Å². The molecule has 0 aliphatic heterocycles. The van der Waals surface area contributed by atoms with Crippen LogP contribution < -0.4 is 15.4 Å². The third-order valence-corrected chi connectivity index (χ3v) is 5.01. The van der Waals surface area contributed by atoms with Gasteiger partial charge >= 0.3 is 0 Å². The molecule has 8 heteroatoms. The first kappa shape index (κ1) is 22.0. The molecule has 1 heterocycles. The molecule has 2 aromatic rings. The van der Waals surface area contributed by atoms with Crippen molar-refractivity contribution in [2.75, 3.05) is 20.7 Å². The molecule has 1 aromatic heterocycles. The Morgan fingerprint density at radius 1 is 1.32 bits per heavy atom. The molecule has 1 aromatic carbocycles. The zero-order valence-corrected chi connectivity index (χ0v) is 18.8. The number of guanidine groups is 1. The highest BCUT2D eigenvalue weighted by molar-refractivity contribution is 14.0. The van der Waals surface area contributed by atoms with Crippen LogP contribution in [0.4, 0.5) is 0 Å². The van der Waals surface area contributed by atoms with Gasteiger partial charge < -0.3 is 15.4 Å². The van der Waals surface area contributed by atoms with E-state index in [0.29, 0.717) is 0 Å². The highest BCUT2D eigenvalue weighted by Gasteiger charge is 2.06. The average Bonchev–Trinajstić information content (AvgIpc) is 2.89. The molecule has 5 nitrogen and oxygen atoms in total. The summed E-state index contributed by atoms with van der Waals surface area (Å²) in [5.74, 6) is 1.54. The van der Waals surface area contributed by atoms with Gasteiger partial charge in [-0.15, -0.1) is 35.3 Å². The van der Waals surface area contributed by atoms with Crippen LogP contribution in [0.5, 0.6) is 5.75 Å². The molecular formula is C17H24ClIN4OS. The number of nitrogens with zero attached hydrogens (tertiary/aromatic N) is 2. The lowest BCUT2D eigenvalue weighted by Crippen LogP contribution is -2.37. The number of methoxy groups -OCH3 is 1. The van der Waals surface area contributed by atoms with Crippen LogP contribution in [0.15, 0.2) is 23.2 Å². The molecule has 0 bridgehead atoms. The molecule has 0 saturated heterocycles. The molecule has 0 atom stereocenters. The minimum absolute atomic E-state index is 0. The normalized spacial score (nSPS) is 11.0. The fourth-order valence-corrected chi connectivity index (χ4v) is 3.44. The van der Waals surface area contributed by atoms with E-state index >= 15 is 0 Å². The third kappa shape index (κ3) is 6.63. The van der Waals surface area contributed by atoms with E-state index in [9.17, 15) is 0 Å². The Kier molecular flexibility index (Phi) is 9.52. The number of ether oxygens (including phenoxy) is 1. The van der Waals surface area contributed by atoms with Gasteiger partial charge in [0.25, 0.3) is 0 Å². The highest BCUT2D eigenvalue weighted by Crippen LogP contribution is 2.22. The third-order valence-electron chi connectivity index (χ3n) is 3.59. The summed E-state index contributed by atoms with van der Waals surface area (Å²) in [4.78, 5) is 9.91. The lowest BCUT2D eigenvalue weighted by molar-refractivity contribution is 0.414. The van der Waals surface area contributed by atoms with Crippen molar-refractivity contribution >= 4 is 52.9 Å². The molecule has 0 spiro atoms. The first-order chi connectivity index (χ1) is 11.5. The number of hydrogen-bond acceptors (Lipinski definition) is 4. The fraction of sp³-hybridized carbons (Fsp3) is 0.412. The molecule has 2 N–H and O–H groups in total. The van der Waals surface area contributed by atoms with Gasteiger partial charge in [-0.05, 0) is 38.0 Å². The average molecular weight is 495 g/mol. The van der Waals surface area contributed by atoms with Crippen molar-refractivity contribution in [2.45, 2.75) is 26.8 Å². The van der Waals surface area contributed by atoms with Gasteiger partial charge in [0.15, 0.2) is 5.96 Å². The van der Waals surface area contributed by atoms with Gasteiger partial charge in [0, 0.05) is 23.5 Å². The summed E-state index contributed by atoms with van der Waals surface area (Å²) in [5.41, 5.74) is 2.15. The van der Waals surface area contributed by atoms with Crippen molar-refractivity contribution in [2.24, 2.45) is 4.99 Å². The minimum Gasteiger partial charge on any atom is -0.497 e. The van der Waals surface area contributed by atoms with Crippen molar-refractivity contribution in [3.8, 4) is 5.75 Å². The van der Waals surface area contributed by atoms with E-state index in [4.69, 9.17) is 16.3 Å². The summed E-state index contributed by atoms with van der Waals surface area (Å²) >= 11 is 7.97. The van der Waals surface area contributed by atoms with Crippen LogP contribution in [-0.2, 0) is 13.0 Å². The van der Waals surface area contributed by atoms with Gasteiger partial charge in [-0.25, -0.2) is 4.98 Å². The van der Waals surface area contributed by atoms with Gasteiger partial charge in [-0.3, -0.25) is 4.99 Å². The summed E-state index contributed by atoms with van der Waals surface area (Å²) < 4.78 is 5.16. The van der Waals surface area contributed by atoms with Crippen LogP contribution in [0.3, 0.4) is 0 Å². The van der Waals surface area contributed by atoms with Crippen molar-refractivity contribution in [1.82, 2.24) is 15.6 Å². The summed E-state index contributed by atoms with van der Waals surface area (Å²) in [5, 5.41) is 8.42. The second-order valence-electron chi connectivity index (χ2n) is 5.30. The van der Waals surface area contributed by atoms with Crippen LogP contribution in [-0.4, -0.2) is 31.6 Å². The number of thiazole rings is 1. The predicted octanol–water partition coefficient (Wildman–Crippen LogP) is 3.95. The van der Waals surface area contributed by atoms with Gasteiger partial charge in [-0.1, -0.05) is 17.7 Å². The topological polar surface area (TPSA) is 58.5 Å². The lowest BCUT2D eigenvalue weighted by atomic mass is 10.1. The van der Waals surface area contributed by atoms with Crippen molar-refractivity contribution in [1.29, 1.82) is 0 Å². The van der Waals surface area contributed by atoms with E-state index in [2.05, 4.69) is 20.6 Å². The van der Waals surface area contributed by atoms with Gasteiger partial charge in [0.1, 0.15) is 5.75 Å². The second-order valence-corrected chi connectivity index (χ2v) is 7.00. The molecule has 138 valence electrons. The fourth-order valence-electron chi connectivity index (χ4n) is 2.30. The van der Waals surface area contributed by atoms with Crippen molar-refractivity contribution in [3.05, 3.63) is 44.4 Å². The maximum Gasteiger partial charge on any atom is 0.191 e. The maximum absolute atomic E-state index is 6.26. The van der Waals surface area contributed by atoms with Crippen molar-refractivity contribution < 1.29 is 4.74 Å². The van der Waals surface area contributed by atoms with E-state index in [1.54, 1.807) is 25.5 Å². The predicted molar refractivity (Wildman–Crippen MR) is 117 cm³/mol. The van der Waals surface area contributed by atoms with E-state index in [1.165, 1.54) is 4.88 Å². The zero-order chi connectivity index (χ0) is 17.5. The molecule has 0 radical (unpaired) electrons. The lowest BCUT2D eigenvalue weighted by Gasteiger charge is -2.12. The smallest absolute Gasteiger partial charge is 0.191 e.